The zero-order chi connectivity index (χ0) is 22.3. The van der Waals surface area contributed by atoms with E-state index in [0.29, 0.717) is 18.0 Å². The van der Waals surface area contributed by atoms with Crippen LogP contribution in [0, 0.1) is 0 Å². The number of alkyl halides is 3. The van der Waals surface area contributed by atoms with E-state index in [4.69, 9.17) is 0 Å². The van der Waals surface area contributed by atoms with Gasteiger partial charge in [-0.1, -0.05) is 32.9 Å². The maximum atomic E-state index is 12.9. The van der Waals surface area contributed by atoms with Crippen molar-refractivity contribution >= 4 is 21.4 Å². The lowest BCUT2D eigenvalue weighted by Crippen LogP contribution is -2.44. The monoisotopic (exact) mass is 428 g/mol. The summed E-state index contributed by atoms with van der Waals surface area (Å²) in [5.41, 5.74) is 0.161. The second kappa shape index (κ2) is 7.44. The Kier molecular flexibility index (Phi) is 5.87. The van der Waals surface area contributed by atoms with Gasteiger partial charge in [-0.3, -0.25) is 9.78 Å². The van der Waals surface area contributed by atoms with Gasteiger partial charge < -0.3 is 5.32 Å². The highest BCUT2D eigenvalue weighted by Crippen LogP contribution is 2.31. The lowest BCUT2D eigenvalue weighted by molar-refractivity contribution is -0.141. The number of carbonyl (C=O) groups is 1. The highest BCUT2D eigenvalue weighted by Gasteiger charge is 2.43. The number of benzene rings is 1. The summed E-state index contributed by atoms with van der Waals surface area (Å²) in [4.78, 5) is 15.4. The quantitative estimate of drug-likeness (QED) is 0.773. The molecule has 1 aromatic heterocycles. The van der Waals surface area contributed by atoms with E-state index in [1.807, 2.05) is 32.9 Å². The zero-order valence-electron chi connectivity index (χ0n) is 16.8. The molecular formula is C20H23F3N2O3S. The molecule has 5 nitrogen and oxygen atoms in total. The third-order valence-electron chi connectivity index (χ3n) is 4.56. The first kappa shape index (κ1) is 22.9. The van der Waals surface area contributed by atoms with Crippen molar-refractivity contribution in [3.63, 3.8) is 0 Å². The summed E-state index contributed by atoms with van der Waals surface area (Å²) in [5.74, 6) is -0.805. The van der Waals surface area contributed by atoms with Gasteiger partial charge in [0.25, 0.3) is 0 Å². The van der Waals surface area contributed by atoms with Gasteiger partial charge in [-0.05, 0) is 49.1 Å². The number of aromatic nitrogens is 1. The van der Waals surface area contributed by atoms with Gasteiger partial charge in [0.15, 0.2) is 9.84 Å². The van der Waals surface area contributed by atoms with E-state index in [0.717, 1.165) is 11.6 Å². The Bertz CT molecular complexity index is 989. The fraction of sp³-hybridized carbons (Fsp3) is 0.400. The normalized spacial score (nSPS) is 13.2. The Labute approximate surface area is 168 Å². The van der Waals surface area contributed by atoms with E-state index in [2.05, 4.69) is 10.3 Å². The molecule has 0 unspecified atom stereocenters. The SMILES string of the molecule is CC(C)(C)c1ccc(NC(=O)C(C)(C)S(=O)(=O)c2ccc(C(F)(F)F)nc2)cc1. The Balaban J connectivity index is 2.27. The number of hydrogen-bond donors (Lipinski definition) is 1. The predicted octanol–water partition coefficient (Wildman–Crippen LogP) is 4.59. The van der Waals surface area contributed by atoms with E-state index >= 15 is 0 Å². The molecule has 2 aromatic rings. The fourth-order valence-electron chi connectivity index (χ4n) is 2.46. The molecule has 2 rings (SSSR count). The number of rotatable bonds is 4. The predicted molar refractivity (Wildman–Crippen MR) is 104 cm³/mol. The average Bonchev–Trinajstić information content (AvgIpc) is 2.60. The van der Waals surface area contributed by atoms with Gasteiger partial charge >= 0.3 is 6.18 Å². The Hall–Kier alpha value is -2.42. The molecule has 29 heavy (non-hydrogen) atoms. The van der Waals surface area contributed by atoms with Crippen molar-refractivity contribution < 1.29 is 26.4 Å². The number of anilines is 1. The standard InChI is InChI=1S/C20H23F3N2O3S/c1-18(2,3)13-6-8-14(9-7-13)25-17(26)19(4,5)29(27,28)15-10-11-16(24-12-15)20(21,22)23/h6-12H,1-5H3,(H,25,26). The maximum Gasteiger partial charge on any atom is 0.433 e. The molecule has 9 heteroatoms. The second-order valence-corrected chi connectivity index (χ2v) is 10.7. The average molecular weight is 428 g/mol. The van der Waals surface area contributed by atoms with Gasteiger partial charge in [-0.2, -0.15) is 13.2 Å². The molecule has 0 aliphatic carbocycles. The molecule has 0 aliphatic heterocycles. The van der Waals surface area contributed by atoms with Crippen LogP contribution in [-0.2, 0) is 26.2 Å². The first-order valence-corrected chi connectivity index (χ1v) is 10.2. The van der Waals surface area contributed by atoms with Crippen molar-refractivity contribution in [1.82, 2.24) is 4.98 Å². The summed E-state index contributed by atoms with van der Waals surface area (Å²) in [6.07, 6.45) is -4.07. The van der Waals surface area contributed by atoms with Crippen LogP contribution in [0.15, 0.2) is 47.5 Å². The number of nitrogens with one attached hydrogen (secondary N) is 1. The lowest BCUT2D eigenvalue weighted by atomic mass is 9.87. The molecule has 1 amide bonds. The molecule has 0 saturated heterocycles. The van der Waals surface area contributed by atoms with Crippen molar-refractivity contribution in [2.24, 2.45) is 0 Å². The maximum absolute atomic E-state index is 12.9. The van der Waals surface area contributed by atoms with E-state index in [9.17, 15) is 26.4 Å². The number of amides is 1. The summed E-state index contributed by atoms with van der Waals surface area (Å²) in [7, 11) is -4.29. The Morgan fingerprint density at radius 3 is 1.90 bits per heavy atom. The van der Waals surface area contributed by atoms with Crippen molar-refractivity contribution in [3.05, 3.63) is 53.9 Å². The highest BCUT2D eigenvalue weighted by atomic mass is 32.2. The molecule has 0 aliphatic rings. The molecule has 0 atom stereocenters. The largest absolute Gasteiger partial charge is 0.433 e. The van der Waals surface area contributed by atoms with E-state index < -0.39 is 37.3 Å². The number of sulfone groups is 1. The molecule has 1 N–H and O–H groups in total. The fourth-order valence-corrected chi connectivity index (χ4v) is 3.78. The van der Waals surface area contributed by atoms with Crippen molar-refractivity contribution in [2.75, 3.05) is 5.32 Å². The van der Waals surface area contributed by atoms with Crippen LogP contribution in [0.5, 0.6) is 0 Å². The Morgan fingerprint density at radius 1 is 0.931 bits per heavy atom. The zero-order valence-corrected chi connectivity index (χ0v) is 17.6. The molecule has 0 spiro atoms. The molecule has 0 saturated carbocycles. The van der Waals surface area contributed by atoms with E-state index in [1.54, 1.807) is 12.1 Å². The molecule has 0 bridgehead atoms. The molecule has 1 aromatic carbocycles. The van der Waals surface area contributed by atoms with Crippen LogP contribution in [0.25, 0.3) is 0 Å². The van der Waals surface area contributed by atoms with Crippen LogP contribution in [-0.4, -0.2) is 24.1 Å². The summed E-state index contributed by atoms with van der Waals surface area (Å²) in [6.45, 7) is 8.49. The van der Waals surface area contributed by atoms with Crippen molar-refractivity contribution in [2.45, 2.75) is 55.9 Å². The van der Waals surface area contributed by atoms with Gasteiger partial charge in [0.05, 0.1) is 4.90 Å². The molecule has 158 valence electrons. The van der Waals surface area contributed by atoms with Crippen LogP contribution < -0.4 is 5.32 Å². The van der Waals surface area contributed by atoms with Crippen LogP contribution in [0.3, 0.4) is 0 Å². The number of pyridine rings is 1. The highest BCUT2D eigenvalue weighted by molar-refractivity contribution is 7.93. The number of halogens is 3. The van der Waals surface area contributed by atoms with Gasteiger partial charge in [0, 0.05) is 11.9 Å². The van der Waals surface area contributed by atoms with Crippen LogP contribution >= 0.6 is 0 Å². The molecule has 0 radical (unpaired) electrons. The summed E-state index contributed by atoms with van der Waals surface area (Å²) in [5, 5.41) is 2.55. The van der Waals surface area contributed by atoms with Crippen LogP contribution in [0.1, 0.15) is 45.9 Å². The third-order valence-corrected chi connectivity index (χ3v) is 6.96. The Morgan fingerprint density at radius 2 is 1.48 bits per heavy atom. The first-order chi connectivity index (χ1) is 13.1. The molecular weight excluding hydrogens is 405 g/mol. The van der Waals surface area contributed by atoms with Crippen LogP contribution in [0.4, 0.5) is 18.9 Å². The lowest BCUT2D eigenvalue weighted by Gasteiger charge is -2.24. The summed E-state index contributed by atoms with van der Waals surface area (Å²) in [6, 6.07) is 8.37. The van der Waals surface area contributed by atoms with Crippen LogP contribution in [0.2, 0.25) is 0 Å². The minimum Gasteiger partial charge on any atom is -0.325 e. The van der Waals surface area contributed by atoms with Crippen molar-refractivity contribution in [1.29, 1.82) is 0 Å². The smallest absolute Gasteiger partial charge is 0.325 e. The number of nitrogens with zero attached hydrogens (tertiary/aromatic N) is 1. The van der Waals surface area contributed by atoms with Gasteiger partial charge in [0.2, 0.25) is 5.91 Å². The number of carbonyl (C=O) groups excluding carboxylic acids is 1. The minimum absolute atomic E-state index is 0.0826. The third kappa shape index (κ3) is 4.77. The first-order valence-electron chi connectivity index (χ1n) is 8.77. The minimum atomic E-state index is -4.69. The van der Waals surface area contributed by atoms with Crippen molar-refractivity contribution in [3.8, 4) is 0 Å². The van der Waals surface area contributed by atoms with Gasteiger partial charge in [-0.25, -0.2) is 8.42 Å². The van der Waals surface area contributed by atoms with Gasteiger partial charge in [0.1, 0.15) is 10.4 Å². The summed E-state index contributed by atoms with van der Waals surface area (Å²) >= 11 is 0. The van der Waals surface area contributed by atoms with Gasteiger partial charge in [-0.15, -0.1) is 0 Å². The topological polar surface area (TPSA) is 76.1 Å². The van der Waals surface area contributed by atoms with E-state index in [1.165, 1.54) is 13.8 Å². The molecule has 0 fully saturated rings. The van der Waals surface area contributed by atoms with E-state index in [-0.39, 0.29) is 5.41 Å². The summed E-state index contributed by atoms with van der Waals surface area (Å²) < 4.78 is 61.7. The second-order valence-electron chi connectivity index (χ2n) is 8.17. The number of hydrogen-bond acceptors (Lipinski definition) is 4. The molecule has 1 heterocycles.